The first kappa shape index (κ1) is 25.0. The van der Waals surface area contributed by atoms with Crippen molar-refractivity contribution in [3.8, 4) is 11.5 Å². The molecule has 1 atom stereocenters. The molecule has 2 aromatic rings. The van der Waals surface area contributed by atoms with Crippen LogP contribution in [0.5, 0.6) is 11.5 Å². The molecule has 0 bridgehead atoms. The average molecular weight is 466 g/mol. The van der Waals surface area contributed by atoms with Crippen LogP contribution in [0.3, 0.4) is 0 Å². The number of nitrogens with zero attached hydrogens (tertiary/aromatic N) is 1. The molecule has 1 aliphatic rings. The molecule has 3 rings (SSSR count). The summed E-state index contributed by atoms with van der Waals surface area (Å²) >= 11 is 0. The minimum Gasteiger partial charge on any atom is -0.507 e. The number of likely N-dealkylation sites (tertiary alicyclic amines) is 1. The molecular weight excluding hydrogens is 434 g/mol. The number of methoxy groups -OCH3 is 1. The summed E-state index contributed by atoms with van der Waals surface area (Å²) in [6.07, 6.45) is 0.647. The topological polar surface area (TPSA) is 93.1 Å². The van der Waals surface area contributed by atoms with Gasteiger partial charge in [0.15, 0.2) is 0 Å². The van der Waals surface area contributed by atoms with Crippen LogP contribution in [-0.4, -0.2) is 41.3 Å². The van der Waals surface area contributed by atoms with Crippen LogP contribution in [0.2, 0.25) is 0 Å². The largest absolute Gasteiger partial charge is 0.507 e. The predicted octanol–water partition coefficient (Wildman–Crippen LogP) is 4.88. The van der Waals surface area contributed by atoms with E-state index in [9.17, 15) is 19.5 Å². The maximum absolute atomic E-state index is 13.2. The number of hydrogen-bond donors (Lipinski definition) is 1. The number of Topliss-reactive ketones (excluding diaryl/α,β-unsaturated/α-hetero) is 1. The van der Waals surface area contributed by atoms with Crippen LogP contribution in [0.1, 0.15) is 68.3 Å². The molecule has 0 aromatic heterocycles. The lowest BCUT2D eigenvalue weighted by atomic mass is 9.91. The average Bonchev–Trinajstić information content (AvgIpc) is 3.03. The van der Waals surface area contributed by atoms with Crippen molar-refractivity contribution >= 4 is 23.4 Å². The van der Waals surface area contributed by atoms with Crippen molar-refractivity contribution < 1.29 is 29.0 Å². The van der Waals surface area contributed by atoms with Crippen LogP contribution >= 0.6 is 0 Å². The number of rotatable bonds is 7. The Morgan fingerprint density at radius 1 is 1.15 bits per heavy atom. The molecule has 1 fully saturated rings. The highest BCUT2D eigenvalue weighted by Gasteiger charge is 2.45. The number of ether oxygens (including phenoxy) is 2. The van der Waals surface area contributed by atoms with Gasteiger partial charge in [-0.15, -0.1) is 0 Å². The highest BCUT2D eigenvalue weighted by atomic mass is 16.5. The van der Waals surface area contributed by atoms with Crippen LogP contribution in [0, 0.1) is 6.92 Å². The summed E-state index contributed by atoms with van der Waals surface area (Å²) in [5, 5.41) is 11.4. The Bertz CT molecular complexity index is 1150. The summed E-state index contributed by atoms with van der Waals surface area (Å²) in [6, 6.07) is 9.51. The van der Waals surface area contributed by atoms with Gasteiger partial charge in [0.1, 0.15) is 17.3 Å². The molecule has 0 aliphatic carbocycles. The van der Waals surface area contributed by atoms with E-state index in [0.29, 0.717) is 35.6 Å². The maximum atomic E-state index is 13.2. The van der Waals surface area contributed by atoms with Gasteiger partial charge in [-0.3, -0.25) is 14.4 Å². The van der Waals surface area contributed by atoms with Gasteiger partial charge in [-0.05, 0) is 60.2 Å². The van der Waals surface area contributed by atoms with Crippen LogP contribution in [0.4, 0.5) is 0 Å². The molecule has 2 aromatic carbocycles. The Labute approximate surface area is 200 Å². The number of benzene rings is 2. The quantitative estimate of drug-likeness (QED) is 0.206. The fraction of sp³-hybridized carbons (Fsp3) is 0.370. The molecule has 1 aliphatic heterocycles. The van der Waals surface area contributed by atoms with Gasteiger partial charge in [0.2, 0.25) is 0 Å². The molecule has 1 amide bonds. The molecule has 0 saturated carbocycles. The number of aliphatic hydroxyl groups is 1. The molecule has 1 N–H and O–H groups in total. The van der Waals surface area contributed by atoms with E-state index < -0.39 is 23.7 Å². The molecule has 1 unspecified atom stereocenters. The van der Waals surface area contributed by atoms with Gasteiger partial charge in [-0.1, -0.05) is 32.9 Å². The van der Waals surface area contributed by atoms with E-state index in [4.69, 9.17) is 9.47 Å². The van der Waals surface area contributed by atoms with E-state index in [1.54, 1.807) is 31.4 Å². The lowest BCUT2D eigenvalue weighted by Crippen LogP contribution is -2.30. The van der Waals surface area contributed by atoms with Crippen LogP contribution in [-0.2, 0) is 14.4 Å². The Morgan fingerprint density at radius 3 is 2.32 bits per heavy atom. The third kappa shape index (κ3) is 4.69. The number of carbonyl (C=O) groups excluding carboxylic acids is 3. The monoisotopic (exact) mass is 465 g/mol. The van der Waals surface area contributed by atoms with E-state index in [2.05, 4.69) is 0 Å². The van der Waals surface area contributed by atoms with Gasteiger partial charge in [-0.2, -0.15) is 0 Å². The van der Waals surface area contributed by atoms with Crippen molar-refractivity contribution in [1.29, 1.82) is 0 Å². The second-order valence-corrected chi connectivity index (χ2v) is 8.72. The standard InChI is InChI=1S/C27H31NO6/c1-7-12-28-24(18-8-10-19(11-9-18)34-17(5)29)23(26(31)27(28)32)25(30)21-14-20(15(2)3)22(33-6)13-16(21)4/h8-11,13-15,24,30H,7,12H2,1-6H3/b25-23+. The van der Waals surface area contributed by atoms with E-state index in [1.165, 1.54) is 11.8 Å². The number of esters is 1. The molecule has 7 heteroatoms. The lowest BCUT2D eigenvalue weighted by molar-refractivity contribution is -0.139. The zero-order valence-electron chi connectivity index (χ0n) is 20.5. The minimum atomic E-state index is -0.754. The van der Waals surface area contributed by atoms with Crippen molar-refractivity contribution in [3.63, 3.8) is 0 Å². The van der Waals surface area contributed by atoms with E-state index in [0.717, 1.165) is 11.1 Å². The van der Waals surface area contributed by atoms with Crippen molar-refractivity contribution in [2.45, 2.75) is 53.0 Å². The van der Waals surface area contributed by atoms with Crippen LogP contribution in [0.15, 0.2) is 42.0 Å². The summed E-state index contributed by atoms with van der Waals surface area (Å²) in [4.78, 5) is 38.8. The van der Waals surface area contributed by atoms with Gasteiger partial charge in [0, 0.05) is 19.0 Å². The SMILES string of the molecule is CCCN1C(=O)C(=O)/C(=C(/O)c2cc(C(C)C)c(OC)cc2C)C1c1ccc(OC(C)=O)cc1. The normalized spacial score (nSPS) is 17.4. The van der Waals surface area contributed by atoms with Gasteiger partial charge < -0.3 is 19.5 Å². The summed E-state index contributed by atoms with van der Waals surface area (Å²) in [5.41, 5.74) is 2.78. The first-order valence-corrected chi connectivity index (χ1v) is 11.4. The molecular formula is C27H31NO6. The van der Waals surface area contributed by atoms with Crippen molar-refractivity contribution in [1.82, 2.24) is 4.90 Å². The van der Waals surface area contributed by atoms with Crippen molar-refractivity contribution in [3.05, 3.63) is 64.2 Å². The predicted molar refractivity (Wildman–Crippen MR) is 129 cm³/mol. The first-order valence-electron chi connectivity index (χ1n) is 11.4. The van der Waals surface area contributed by atoms with Gasteiger partial charge in [0.05, 0.1) is 18.7 Å². The second kappa shape index (κ2) is 10.1. The zero-order valence-corrected chi connectivity index (χ0v) is 20.5. The van der Waals surface area contributed by atoms with Crippen LogP contribution < -0.4 is 9.47 Å². The van der Waals surface area contributed by atoms with Gasteiger partial charge >= 0.3 is 5.97 Å². The minimum absolute atomic E-state index is 0.0432. The summed E-state index contributed by atoms with van der Waals surface area (Å²) in [7, 11) is 1.59. The maximum Gasteiger partial charge on any atom is 0.308 e. The zero-order chi connectivity index (χ0) is 25.2. The molecule has 0 spiro atoms. The number of amides is 1. The Kier molecular flexibility index (Phi) is 7.44. The van der Waals surface area contributed by atoms with Crippen molar-refractivity contribution in [2.24, 2.45) is 0 Å². The molecule has 1 saturated heterocycles. The number of carbonyl (C=O) groups is 3. The second-order valence-electron chi connectivity index (χ2n) is 8.72. The number of hydrogen-bond acceptors (Lipinski definition) is 6. The van der Waals surface area contributed by atoms with Crippen LogP contribution in [0.25, 0.3) is 5.76 Å². The molecule has 7 nitrogen and oxygen atoms in total. The third-order valence-electron chi connectivity index (χ3n) is 5.92. The van der Waals surface area contributed by atoms with Gasteiger partial charge in [0.25, 0.3) is 11.7 Å². The summed E-state index contributed by atoms with van der Waals surface area (Å²) in [5.74, 6) is -0.846. The lowest BCUT2D eigenvalue weighted by Gasteiger charge is -2.25. The number of ketones is 1. The molecule has 0 radical (unpaired) electrons. The van der Waals surface area contributed by atoms with E-state index in [1.807, 2.05) is 39.8 Å². The first-order chi connectivity index (χ1) is 16.1. The molecule has 1 heterocycles. The third-order valence-corrected chi connectivity index (χ3v) is 5.92. The number of aliphatic hydroxyl groups excluding tert-OH is 1. The number of aryl methyl sites for hydroxylation is 1. The Morgan fingerprint density at radius 2 is 1.79 bits per heavy atom. The summed E-state index contributed by atoms with van der Waals surface area (Å²) < 4.78 is 10.6. The fourth-order valence-corrected chi connectivity index (χ4v) is 4.31. The molecule has 180 valence electrons. The highest BCUT2D eigenvalue weighted by molar-refractivity contribution is 6.46. The van der Waals surface area contributed by atoms with E-state index >= 15 is 0 Å². The Balaban J connectivity index is 2.20. The molecule has 34 heavy (non-hydrogen) atoms. The smallest absolute Gasteiger partial charge is 0.308 e. The van der Waals surface area contributed by atoms with E-state index in [-0.39, 0.29) is 17.3 Å². The fourth-order valence-electron chi connectivity index (χ4n) is 4.31. The van der Waals surface area contributed by atoms with Gasteiger partial charge in [-0.25, -0.2) is 0 Å². The summed E-state index contributed by atoms with van der Waals surface area (Å²) in [6.45, 7) is 9.45. The van der Waals surface area contributed by atoms with Crippen molar-refractivity contribution in [2.75, 3.05) is 13.7 Å². The highest BCUT2D eigenvalue weighted by Crippen LogP contribution is 2.41. The Hall–Kier alpha value is -3.61.